The molecule has 0 saturated carbocycles. The van der Waals surface area contributed by atoms with Gasteiger partial charge in [0.2, 0.25) is 0 Å². The summed E-state index contributed by atoms with van der Waals surface area (Å²) < 4.78 is 27.6. The monoisotopic (exact) mass is 366 g/mol. The lowest BCUT2D eigenvalue weighted by Crippen LogP contribution is -2.43. The van der Waals surface area contributed by atoms with E-state index in [-0.39, 0.29) is 5.92 Å². The zero-order valence-electron chi connectivity index (χ0n) is 10.4. The molecular weight excluding hydrogens is 352 g/mol. The lowest BCUT2D eigenvalue weighted by Gasteiger charge is -2.31. The third-order valence-corrected chi connectivity index (χ3v) is 7.23. The van der Waals surface area contributed by atoms with Gasteiger partial charge in [-0.1, -0.05) is 12.1 Å². The van der Waals surface area contributed by atoms with E-state index in [0.717, 1.165) is 10.2 Å². The number of piperidine rings is 1. The van der Waals surface area contributed by atoms with Gasteiger partial charge in [-0.2, -0.15) is 4.31 Å². The van der Waals surface area contributed by atoms with Gasteiger partial charge in [0, 0.05) is 25.4 Å². The SMILES string of the molecule is CCC1CN(S(=O)(=O)c2ccc(Br)s2)CC/C1=N\O. The molecule has 1 aliphatic heterocycles. The van der Waals surface area contributed by atoms with Crippen molar-refractivity contribution in [2.45, 2.75) is 24.0 Å². The minimum atomic E-state index is -3.43. The van der Waals surface area contributed by atoms with E-state index in [1.807, 2.05) is 6.92 Å². The van der Waals surface area contributed by atoms with Gasteiger partial charge in [-0.05, 0) is 34.5 Å². The van der Waals surface area contributed by atoms with Gasteiger partial charge in [-0.3, -0.25) is 0 Å². The van der Waals surface area contributed by atoms with Gasteiger partial charge >= 0.3 is 0 Å². The fourth-order valence-corrected chi connectivity index (χ4v) is 5.81. The molecule has 0 spiro atoms. The molecule has 1 atom stereocenters. The fraction of sp³-hybridized carbons (Fsp3) is 0.545. The Hall–Kier alpha value is -0.440. The van der Waals surface area contributed by atoms with Gasteiger partial charge in [-0.15, -0.1) is 11.3 Å². The van der Waals surface area contributed by atoms with E-state index < -0.39 is 10.0 Å². The minimum Gasteiger partial charge on any atom is -0.411 e. The van der Waals surface area contributed by atoms with Crippen LogP contribution < -0.4 is 0 Å². The Morgan fingerprint density at radius 1 is 1.58 bits per heavy atom. The molecule has 2 rings (SSSR count). The second kappa shape index (κ2) is 5.90. The molecule has 0 aromatic carbocycles. The van der Waals surface area contributed by atoms with Crippen LogP contribution in [0.25, 0.3) is 0 Å². The summed E-state index contributed by atoms with van der Waals surface area (Å²) in [6.45, 7) is 2.72. The minimum absolute atomic E-state index is 0.00284. The fourth-order valence-electron chi connectivity index (χ4n) is 2.16. The van der Waals surface area contributed by atoms with Crippen LogP contribution >= 0.6 is 27.3 Å². The summed E-state index contributed by atoms with van der Waals surface area (Å²) in [6, 6.07) is 3.35. The molecule has 1 aliphatic rings. The first-order valence-electron chi connectivity index (χ1n) is 5.95. The van der Waals surface area contributed by atoms with Gasteiger partial charge < -0.3 is 5.21 Å². The quantitative estimate of drug-likeness (QED) is 0.660. The number of hydrogen-bond acceptors (Lipinski definition) is 5. The molecule has 1 fully saturated rings. The van der Waals surface area contributed by atoms with E-state index in [4.69, 9.17) is 5.21 Å². The molecule has 5 nitrogen and oxygen atoms in total. The number of hydrogen-bond donors (Lipinski definition) is 1. The van der Waals surface area contributed by atoms with Crippen LogP contribution in [0.2, 0.25) is 0 Å². The Kier molecular flexibility index (Phi) is 4.65. The Morgan fingerprint density at radius 2 is 2.32 bits per heavy atom. The summed E-state index contributed by atoms with van der Waals surface area (Å²) in [6.07, 6.45) is 1.25. The highest BCUT2D eigenvalue weighted by molar-refractivity contribution is 9.11. The van der Waals surface area contributed by atoms with Crippen molar-refractivity contribution in [1.82, 2.24) is 4.31 Å². The smallest absolute Gasteiger partial charge is 0.252 e. The van der Waals surface area contributed by atoms with Crippen molar-refractivity contribution in [2.75, 3.05) is 13.1 Å². The molecular formula is C11H15BrN2O3S2. The lowest BCUT2D eigenvalue weighted by molar-refractivity contribution is 0.296. The highest BCUT2D eigenvalue weighted by atomic mass is 79.9. The summed E-state index contributed by atoms with van der Waals surface area (Å²) in [5.41, 5.74) is 0.696. The van der Waals surface area contributed by atoms with E-state index in [2.05, 4.69) is 21.1 Å². The van der Waals surface area contributed by atoms with Gasteiger partial charge in [0.05, 0.1) is 9.50 Å². The van der Waals surface area contributed by atoms with Gasteiger partial charge in [0.15, 0.2) is 0 Å². The summed E-state index contributed by atoms with van der Waals surface area (Å²) in [5, 5.41) is 12.2. The number of rotatable bonds is 3. The van der Waals surface area contributed by atoms with E-state index >= 15 is 0 Å². The second-order valence-corrected chi connectivity index (χ2v) is 9.00. The molecule has 0 amide bonds. The Bertz CT molecular complexity index is 583. The molecule has 0 aliphatic carbocycles. The first-order valence-corrected chi connectivity index (χ1v) is 9.00. The third-order valence-electron chi connectivity index (χ3n) is 3.28. The maximum absolute atomic E-state index is 12.5. The molecule has 1 aromatic heterocycles. The Morgan fingerprint density at radius 3 is 2.84 bits per heavy atom. The molecule has 1 saturated heterocycles. The van der Waals surface area contributed by atoms with Crippen LogP contribution in [0.5, 0.6) is 0 Å². The maximum atomic E-state index is 12.5. The summed E-state index contributed by atoms with van der Waals surface area (Å²) in [7, 11) is -3.43. The van der Waals surface area contributed by atoms with Crippen molar-refractivity contribution in [3.05, 3.63) is 15.9 Å². The predicted molar refractivity (Wildman–Crippen MR) is 78.4 cm³/mol. The van der Waals surface area contributed by atoms with E-state index in [0.29, 0.717) is 29.4 Å². The van der Waals surface area contributed by atoms with Gasteiger partial charge in [0.1, 0.15) is 4.21 Å². The summed E-state index contributed by atoms with van der Waals surface area (Å²) in [4.78, 5) is 0. The molecule has 106 valence electrons. The number of nitrogens with zero attached hydrogens (tertiary/aromatic N) is 2. The van der Waals surface area contributed by atoms with Crippen LogP contribution in [0, 0.1) is 5.92 Å². The van der Waals surface area contributed by atoms with Crippen molar-refractivity contribution in [1.29, 1.82) is 0 Å². The van der Waals surface area contributed by atoms with Gasteiger partial charge in [-0.25, -0.2) is 8.42 Å². The summed E-state index contributed by atoms with van der Waals surface area (Å²) in [5.74, 6) is -0.00284. The van der Waals surface area contributed by atoms with Gasteiger partial charge in [0.25, 0.3) is 10.0 Å². The van der Waals surface area contributed by atoms with Crippen LogP contribution in [0.15, 0.2) is 25.3 Å². The highest BCUT2D eigenvalue weighted by Gasteiger charge is 2.33. The topological polar surface area (TPSA) is 70.0 Å². The summed E-state index contributed by atoms with van der Waals surface area (Å²) >= 11 is 4.49. The van der Waals surface area contributed by atoms with Crippen molar-refractivity contribution >= 4 is 43.0 Å². The van der Waals surface area contributed by atoms with E-state index in [1.54, 1.807) is 12.1 Å². The first kappa shape index (κ1) is 15.0. The average Bonchev–Trinajstić information content (AvgIpc) is 2.85. The number of sulfonamides is 1. The molecule has 8 heteroatoms. The second-order valence-electron chi connectivity index (χ2n) is 4.37. The largest absolute Gasteiger partial charge is 0.411 e. The molecule has 2 heterocycles. The zero-order chi connectivity index (χ0) is 14.0. The molecule has 1 aromatic rings. The Balaban J connectivity index is 2.23. The van der Waals surface area contributed by atoms with Crippen LogP contribution in [-0.2, 0) is 10.0 Å². The number of thiophene rings is 1. The van der Waals surface area contributed by atoms with Crippen molar-refractivity contribution < 1.29 is 13.6 Å². The number of oxime groups is 1. The third kappa shape index (κ3) is 3.01. The molecule has 1 unspecified atom stereocenters. The standard InChI is InChI=1S/C11H15BrN2O3S2/c1-2-8-7-14(6-5-9(8)13-15)19(16,17)11-4-3-10(12)18-11/h3-4,8,15H,2,5-7H2,1H3/b13-9+. The van der Waals surface area contributed by atoms with Crippen molar-refractivity contribution in [2.24, 2.45) is 11.1 Å². The maximum Gasteiger partial charge on any atom is 0.252 e. The zero-order valence-corrected chi connectivity index (χ0v) is 13.6. The van der Waals surface area contributed by atoms with Crippen LogP contribution in [0.1, 0.15) is 19.8 Å². The van der Waals surface area contributed by atoms with E-state index in [1.165, 1.54) is 15.6 Å². The van der Waals surface area contributed by atoms with Crippen molar-refractivity contribution in [3.63, 3.8) is 0 Å². The van der Waals surface area contributed by atoms with Crippen LogP contribution in [0.4, 0.5) is 0 Å². The molecule has 1 N–H and O–H groups in total. The normalized spacial score (nSPS) is 23.9. The van der Waals surface area contributed by atoms with Crippen molar-refractivity contribution in [3.8, 4) is 0 Å². The first-order chi connectivity index (χ1) is 8.98. The molecule has 0 bridgehead atoms. The van der Waals surface area contributed by atoms with E-state index in [9.17, 15) is 8.42 Å². The lowest BCUT2D eigenvalue weighted by atomic mass is 9.95. The van der Waals surface area contributed by atoms with Crippen LogP contribution in [-0.4, -0.2) is 36.7 Å². The average molecular weight is 367 g/mol. The predicted octanol–water partition coefficient (Wildman–Crippen LogP) is 2.76. The van der Waals surface area contributed by atoms with Crippen LogP contribution in [0.3, 0.4) is 0 Å². The Labute approximate surface area is 125 Å². The molecule has 19 heavy (non-hydrogen) atoms. The molecule has 0 radical (unpaired) electrons. The number of halogens is 1. The highest BCUT2D eigenvalue weighted by Crippen LogP contribution is 2.30.